The highest BCUT2D eigenvalue weighted by atomic mass is 16.6. The minimum absolute atomic E-state index is 0.0738. The van der Waals surface area contributed by atoms with E-state index in [9.17, 15) is 14.9 Å². The van der Waals surface area contributed by atoms with E-state index in [0.717, 1.165) is 5.56 Å². The van der Waals surface area contributed by atoms with Gasteiger partial charge in [-0.3, -0.25) is 14.9 Å². The number of benzene rings is 2. The number of aryl methyl sites for hydroxylation is 1. The number of hydrogen-bond acceptors (Lipinski definition) is 4. The molecule has 0 aliphatic heterocycles. The Bertz CT molecular complexity index is 698. The van der Waals surface area contributed by atoms with Crippen LogP contribution in [0.5, 0.6) is 5.75 Å². The highest BCUT2D eigenvalue weighted by Gasteiger charge is 2.19. The maximum absolute atomic E-state index is 12.3. The molecular weight excluding hydrogens is 296 g/mol. The average Bonchev–Trinajstić information content (AvgIpc) is 2.54. The number of nitrogens with one attached hydrogen (secondary N) is 1. The predicted molar refractivity (Wildman–Crippen MR) is 87.6 cm³/mol. The molecule has 0 heterocycles. The number of ether oxygens (including phenoxy) is 1. The molecule has 0 aliphatic carbocycles. The molecule has 23 heavy (non-hydrogen) atoms. The van der Waals surface area contributed by atoms with Crippen LogP contribution in [0.25, 0.3) is 0 Å². The van der Waals surface area contributed by atoms with Crippen LogP contribution in [0.3, 0.4) is 0 Å². The number of carbonyl (C=O) groups excluding carboxylic acids is 1. The van der Waals surface area contributed by atoms with Crippen molar-refractivity contribution in [2.45, 2.75) is 26.4 Å². The molecule has 0 aromatic heterocycles. The molecular formula is C17H18N2O4. The van der Waals surface area contributed by atoms with Gasteiger partial charge < -0.3 is 10.1 Å². The molecule has 2 aromatic carbocycles. The molecule has 0 spiro atoms. The largest absolute Gasteiger partial charge is 0.481 e. The van der Waals surface area contributed by atoms with Crippen molar-refractivity contribution in [3.05, 3.63) is 64.2 Å². The van der Waals surface area contributed by atoms with E-state index in [1.165, 1.54) is 18.2 Å². The van der Waals surface area contributed by atoms with Gasteiger partial charge >= 0.3 is 0 Å². The van der Waals surface area contributed by atoms with E-state index in [2.05, 4.69) is 5.32 Å². The van der Waals surface area contributed by atoms with Gasteiger partial charge in [0.1, 0.15) is 5.75 Å². The molecule has 0 bridgehead atoms. The van der Waals surface area contributed by atoms with Gasteiger partial charge in [-0.25, -0.2) is 0 Å². The molecule has 6 nitrogen and oxygen atoms in total. The van der Waals surface area contributed by atoms with E-state index in [-0.39, 0.29) is 11.6 Å². The third kappa shape index (κ3) is 4.54. The highest BCUT2D eigenvalue weighted by Crippen LogP contribution is 2.19. The van der Waals surface area contributed by atoms with Gasteiger partial charge in [0.05, 0.1) is 4.92 Å². The van der Waals surface area contributed by atoms with Crippen LogP contribution in [0.1, 0.15) is 18.9 Å². The van der Waals surface area contributed by atoms with Gasteiger partial charge in [0.2, 0.25) is 0 Å². The Morgan fingerprint density at radius 1 is 1.26 bits per heavy atom. The van der Waals surface area contributed by atoms with Crippen molar-refractivity contribution in [3.8, 4) is 5.75 Å². The van der Waals surface area contributed by atoms with Gasteiger partial charge in [-0.05, 0) is 31.5 Å². The van der Waals surface area contributed by atoms with Crippen LogP contribution in [0.15, 0.2) is 48.5 Å². The summed E-state index contributed by atoms with van der Waals surface area (Å²) in [5.74, 6) is 0.269. The first-order valence-corrected chi connectivity index (χ1v) is 7.28. The summed E-state index contributed by atoms with van der Waals surface area (Å²) in [4.78, 5) is 22.6. The Morgan fingerprint density at radius 2 is 1.96 bits per heavy atom. The van der Waals surface area contributed by atoms with Crippen molar-refractivity contribution in [2.75, 3.05) is 5.32 Å². The molecule has 0 saturated heterocycles. The number of non-ortho nitro benzene ring substituents is 1. The third-order valence-electron chi connectivity index (χ3n) is 3.29. The zero-order valence-electron chi connectivity index (χ0n) is 13.0. The number of amides is 1. The molecule has 2 aromatic rings. The Balaban J connectivity index is 2.06. The normalized spacial score (nSPS) is 11.6. The second kappa shape index (κ2) is 7.40. The summed E-state index contributed by atoms with van der Waals surface area (Å²) < 4.78 is 5.68. The lowest BCUT2D eigenvalue weighted by atomic mass is 10.2. The SMILES string of the molecule is CC[C@@H](Oc1ccc(C)cc1)C(=O)Nc1cccc([N+](=O)[O-])c1. The lowest BCUT2D eigenvalue weighted by molar-refractivity contribution is -0.384. The van der Waals surface area contributed by atoms with E-state index < -0.39 is 11.0 Å². The molecule has 2 rings (SSSR count). The van der Waals surface area contributed by atoms with Crippen molar-refractivity contribution in [2.24, 2.45) is 0 Å². The van der Waals surface area contributed by atoms with Gasteiger partial charge in [-0.15, -0.1) is 0 Å². The number of nitro groups is 1. The fourth-order valence-electron chi connectivity index (χ4n) is 2.02. The van der Waals surface area contributed by atoms with E-state index in [1.807, 2.05) is 26.0 Å². The molecule has 1 atom stereocenters. The van der Waals surface area contributed by atoms with Crippen LogP contribution in [0.2, 0.25) is 0 Å². The lowest BCUT2D eigenvalue weighted by Crippen LogP contribution is -2.32. The first kappa shape index (κ1) is 16.5. The van der Waals surface area contributed by atoms with E-state index in [1.54, 1.807) is 18.2 Å². The summed E-state index contributed by atoms with van der Waals surface area (Å²) in [5.41, 5.74) is 1.40. The molecule has 0 fully saturated rings. The summed E-state index contributed by atoms with van der Waals surface area (Å²) in [5, 5.41) is 13.4. The predicted octanol–water partition coefficient (Wildman–Crippen LogP) is 3.70. The maximum atomic E-state index is 12.3. The maximum Gasteiger partial charge on any atom is 0.271 e. The zero-order valence-corrected chi connectivity index (χ0v) is 13.0. The van der Waals surface area contributed by atoms with E-state index in [0.29, 0.717) is 17.9 Å². The first-order chi connectivity index (χ1) is 11.0. The molecule has 0 aliphatic rings. The number of carbonyl (C=O) groups is 1. The zero-order chi connectivity index (χ0) is 16.8. The first-order valence-electron chi connectivity index (χ1n) is 7.28. The highest BCUT2D eigenvalue weighted by molar-refractivity contribution is 5.94. The molecule has 0 unspecified atom stereocenters. The second-order valence-electron chi connectivity index (χ2n) is 5.12. The summed E-state index contributed by atoms with van der Waals surface area (Å²) in [6, 6.07) is 13.2. The number of hydrogen-bond donors (Lipinski definition) is 1. The van der Waals surface area contributed by atoms with Crippen LogP contribution in [-0.2, 0) is 4.79 Å². The fraction of sp³-hybridized carbons (Fsp3) is 0.235. The van der Waals surface area contributed by atoms with E-state index >= 15 is 0 Å². The Kier molecular flexibility index (Phi) is 5.30. The fourth-order valence-corrected chi connectivity index (χ4v) is 2.02. The number of rotatable bonds is 6. The molecule has 1 N–H and O–H groups in total. The van der Waals surface area contributed by atoms with E-state index in [4.69, 9.17) is 4.74 Å². The van der Waals surface area contributed by atoms with Crippen molar-refractivity contribution < 1.29 is 14.5 Å². The Morgan fingerprint density at radius 3 is 2.57 bits per heavy atom. The summed E-state index contributed by atoms with van der Waals surface area (Å²) in [6.07, 6.45) is -0.189. The Hall–Kier alpha value is -2.89. The smallest absolute Gasteiger partial charge is 0.271 e. The molecule has 6 heteroatoms. The van der Waals surface area contributed by atoms with Crippen LogP contribution >= 0.6 is 0 Å². The van der Waals surface area contributed by atoms with Crippen LogP contribution in [0.4, 0.5) is 11.4 Å². The third-order valence-corrected chi connectivity index (χ3v) is 3.29. The lowest BCUT2D eigenvalue weighted by Gasteiger charge is -2.17. The average molecular weight is 314 g/mol. The molecule has 1 amide bonds. The number of anilines is 1. The van der Waals surface area contributed by atoms with Gasteiger partial charge in [-0.2, -0.15) is 0 Å². The second-order valence-corrected chi connectivity index (χ2v) is 5.12. The topological polar surface area (TPSA) is 81.5 Å². The summed E-state index contributed by atoms with van der Waals surface area (Å²) in [7, 11) is 0. The Labute approximate surface area is 134 Å². The van der Waals surface area contributed by atoms with Crippen LogP contribution in [-0.4, -0.2) is 16.9 Å². The summed E-state index contributed by atoms with van der Waals surface area (Å²) in [6.45, 7) is 3.81. The minimum Gasteiger partial charge on any atom is -0.481 e. The van der Waals surface area contributed by atoms with Crippen LogP contribution in [0, 0.1) is 17.0 Å². The molecule has 120 valence electrons. The van der Waals surface area contributed by atoms with Crippen LogP contribution < -0.4 is 10.1 Å². The van der Waals surface area contributed by atoms with Gasteiger partial charge in [0.15, 0.2) is 6.10 Å². The van der Waals surface area contributed by atoms with Crippen molar-refractivity contribution in [1.82, 2.24) is 0 Å². The van der Waals surface area contributed by atoms with Gasteiger partial charge in [0.25, 0.3) is 11.6 Å². The minimum atomic E-state index is -0.669. The van der Waals surface area contributed by atoms with Crippen molar-refractivity contribution in [1.29, 1.82) is 0 Å². The molecule has 0 radical (unpaired) electrons. The standard InChI is InChI=1S/C17H18N2O4/c1-3-16(23-15-9-7-12(2)8-10-15)17(20)18-13-5-4-6-14(11-13)19(21)22/h4-11,16H,3H2,1-2H3,(H,18,20)/t16-/m1/s1. The number of nitrogens with zero attached hydrogens (tertiary/aromatic N) is 1. The molecule has 0 saturated carbocycles. The van der Waals surface area contributed by atoms with Crippen molar-refractivity contribution >= 4 is 17.3 Å². The van der Waals surface area contributed by atoms with Gasteiger partial charge in [0, 0.05) is 17.8 Å². The number of nitro benzene ring substituents is 1. The monoisotopic (exact) mass is 314 g/mol. The van der Waals surface area contributed by atoms with Gasteiger partial charge in [-0.1, -0.05) is 30.7 Å². The quantitative estimate of drug-likeness (QED) is 0.651. The van der Waals surface area contributed by atoms with Crippen molar-refractivity contribution in [3.63, 3.8) is 0 Å². The summed E-state index contributed by atoms with van der Waals surface area (Å²) >= 11 is 0.